The first kappa shape index (κ1) is 28.0. The lowest BCUT2D eigenvalue weighted by Crippen LogP contribution is -2.72. The van der Waals surface area contributed by atoms with Gasteiger partial charge in [0.2, 0.25) is 5.79 Å². The molecule has 41 heavy (non-hydrogen) atoms. The molecule has 218 valence electrons. The van der Waals surface area contributed by atoms with Gasteiger partial charge >= 0.3 is 0 Å². The smallest absolute Gasteiger partial charge is 0.259 e. The zero-order valence-electron chi connectivity index (χ0n) is 23.5. The van der Waals surface area contributed by atoms with Gasteiger partial charge in [0, 0.05) is 29.4 Å². The maximum Gasteiger partial charge on any atom is 0.259 e. The van der Waals surface area contributed by atoms with E-state index >= 15 is 0 Å². The molecule has 1 saturated carbocycles. The van der Waals surface area contributed by atoms with Crippen molar-refractivity contribution in [2.24, 2.45) is 23.7 Å². The molecule has 2 bridgehead atoms. The third kappa shape index (κ3) is 5.20. The summed E-state index contributed by atoms with van der Waals surface area (Å²) in [6.07, 6.45) is 5.25. The Morgan fingerprint density at radius 3 is 2.61 bits per heavy atom. The average molecular weight is 566 g/mol. The predicted molar refractivity (Wildman–Crippen MR) is 147 cm³/mol. The van der Waals surface area contributed by atoms with Crippen LogP contribution >= 0.6 is 0 Å². The predicted octanol–water partition coefficient (Wildman–Crippen LogP) is 5.42. The Balaban J connectivity index is 1.06. The van der Waals surface area contributed by atoms with Crippen molar-refractivity contribution < 1.29 is 38.0 Å². The maximum atomic E-state index is 13.8. The number of carbonyl (C=O) groups excluding carboxylic acids is 2. The summed E-state index contributed by atoms with van der Waals surface area (Å²) in [5, 5.41) is 2.99. The molecule has 4 aliphatic heterocycles. The second-order valence-corrected chi connectivity index (χ2v) is 11.9. The van der Waals surface area contributed by atoms with E-state index < -0.39 is 29.7 Å². The number of hydrogen-bond donors (Lipinski definition) is 1. The Kier molecular flexibility index (Phi) is 7.48. The van der Waals surface area contributed by atoms with Gasteiger partial charge in [0.05, 0.1) is 0 Å². The van der Waals surface area contributed by atoms with E-state index in [4.69, 9.17) is 24.0 Å². The second kappa shape index (κ2) is 10.9. The van der Waals surface area contributed by atoms with Gasteiger partial charge in [-0.15, -0.1) is 0 Å². The van der Waals surface area contributed by atoms with Gasteiger partial charge < -0.3 is 19.5 Å². The monoisotopic (exact) mass is 565 g/mol. The number of ketones is 1. The van der Waals surface area contributed by atoms with Crippen LogP contribution in [0.25, 0.3) is 6.08 Å². The number of allylic oxidation sites excluding steroid dienone is 1. The fourth-order valence-corrected chi connectivity index (χ4v) is 7.01. The molecule has 1 N–H and O–H groups in total. The Morgan fingerprint density at radius 1 is 1.05 bits per heavy atom. The number of halogens is 1. The third-order valence-corrected chi connectivity index (χ3v) is 9.29. The number of carbonyl (C=O) groups is 2. The van der Waals surface area contributed by atoms with Crippen LogP contribution in [0.4, 0.5) is 4.39 Å². The van der Waals surface area contributed by atoms with Crippen LogP contribution in [0.5, 0.6) is 5.75 Å². The summed E-state index contributed by atoms with van der Waals surface area (Å²) in [7, 11) is 0. The molecule has 8 atom stereocenters. The van der Waals surface area contributed by atoms with E-state index in [0.717, 1.165) is 25.7 Å². The van der Waals surface area contributed by atoms with Crippen molar-refractivity contribution in [1.82, 2.24) is 5.32 Å². The van der Waals surface area contributed by atoms with Gasteiger partial charge in [-0.2, -0.15) is 0 Å². The van der Waals surface area contributed by atoms with E-state index in [-0.39, 0.29) is 36.1 Å². The molecule has 5 fully saturated rings. The largest absolute Gasteiger partial charge is 0.484 e. The lowest BCUT2D eigenvalue weighted by atomic mass is 9.58. The minimum Gasteiger partial charge on any atom is -0.484 e. The molecule has 2 aromatic rings. The summed E-state index contributed by atoms with van der Waals surface area (Å²) in [5.74, 6) is -0.630. The Labute approximate surface area is 239 Å². The van der Waals surface area contributed by atoms with Crippen LogP contribution in [0.1, 0.15) is 62.4 Å². The van der Waals surface area contributed by atoms with Crippen LogP contribution in [0.2, 0.25) is 0 Å². The average Bonchev–Trinajstić information content (AvgIpc) is 3.20. The number of ether oxygens (including phenoxy) is 3. The fourth-order valence-electron chi connectivity index (χ4n) is 7.01. The summed E-state index contributed by atoms with van der Waals surface area (Å²) in [4.78, 5) is 37.4. The molecule has 2 aromatic carbocycles. The highest BCUT2D eigenvalue weighted by Crippen LogP contribution is 2.60. The first-order valence-electron chi connectivity index (χ1n) is 14.4. The van der Waals surface area contributed by atoms with Gasteiger partial charge in [-0.3, -0.25) is 9.59 Å². The number of amides is 1. The molecule has 9 heteroatoms. The van der Waals surface area contributed by atoms with Crippen LogP contribution in [-0.2, 0) is 24.0 Å². The highest BCUT2D eigenvalue weighted by molar-refractivity contribution is 6.06. The summed E-state index contributed by atoms with van der Waals surface area (Å²) >= 11 is 0. The molecule has 4 heterocycles. The van der Waals surface area contributed by atoms with Gasteiger partial charge in [0.15, 0.2) is 24.3 Å². The van der Waals surface area contributed by atoms with Gasteiger partial charge in [-0.1, -0.05) is 32.0 Å². The van der Waals surface area contributed by atoms with Gasteiger partial charge in [0.25, 0.3) is 5.91 Å². The summed E-state index contributed by atoms with van der Waals surface area (Å²) in [6.45, 7) is 5.99. The number of hydrogen-bond acceptors (Lipinski definition) is 7. The second-order valence-electron chi connectivity index (χ2n) is 11.9. The molecular formula is C32H36FNO7. The minimum absolute atomic E-state index is 0.0254. The van der Waals surface area contributed by atoms with Crippen molar-refractivity contribution in [3.05, 3.63) is 71.6 Å². The standard InChI is InChI=1S/C32H36FNO7/c1-19-8-14-25-20(2)29(38-30-32(25)24(19)16-17-31(3,39-30)40-41-32)34-28(36)18-37-23-12-9-22(10-13-23)27(35)15-11-21-6-4-5-7-26(21)33/h4-7,9-13,15,19-20,24-25,29-30H,8,14,16-18H2,1-3H3,(H,34,36)/b15-11+/t19-,20-,24+,25+,29+,30-,31-,32-/m1/s1. The first-order valence-corrected chi connectivity index (χ1v) is 14.4. The summed E-state index contributed by atoms with van der Waals surface area (Å²) in [6, 6.07) is 12.7. The van der Waals surface area contributed by atoms with Crippen LogP contribution in [0.3, 0.4) is 0 Å². The summed E-state index contributed by atoms with van der Waals surface area (Å²) < 4.78 is 32.2. The Hall–Kier alpha value is -3.11. The van der Waals surface area contributed by atoms with Gasteiger partial charge in [-0.05, 0) is 80.5 Å². The van der Waals surface area contributed by atoms with E-state index in [0.29, 0.717) is 22.8 Å². The molecule has 4 saturated heterocycles. The molecule has 0 radical (unpaired) electrons. The lowest BCUT2D eigenvalue weighted by molar-refractivity contribution is -0.571. The normalized spacial score (nSPS) is 35.9. The molecule has 1 aliphatic carbocycles. The fraction of sp³-hybridized carbons (Fsp3) is 0.500. The quantitative estimate of drug-likeness (QED) is 0.272. The molecular weight excluding hydrogens is 529 g/mol. The van der Waals surface area contributed by atoms with E-state index in [1.54, 1.807) is 42.5 Å². The number of fused-ring (bicyclic) bond motifs is 2. The highest BCUT2D eigenvalue weighted by atomic mass is 19.1. The number of rotatable bonds is 7. The molecule has 0 aromatic heterocycles. The molecule has 8 nitrogen and oxygen atoms in total. The lowest BCUT2D eigenvalue weighted by Gasteiger charge is -2.60. The van der Waals surface area contributed by atoms with E-state index in [1.165, 1.54) is 18.2 Å². The molecule has 1 amide bonds. The van der Waals surface area contributed by atoms with Gasteiger partial charge in [-0.25, -0.2) is 14.2 Å². The molecule has 0 unspecified atom stereocenters. The number of nitrogens with one attached hydrogen (secondary N) is 1. The van der Waals surface area contributed by atoms with Crippen LogP contribution in [0, 0.1) is 29.5 Å². The van der Waals surface area contributed by atoms with Crippen molar-refractivity contribution in [2.45, 2.75) is 70.4 Å². The molecule has 1 spiro atoms. The molecule has 5 aliphatic rings. The first-order chi connectivity index (χ1) is 19.7. The van der Waals surface area contributed by atoms with E-state index in [9.17, 15) is 14.0 Å². The van der Waals surface area contributed by atoms with Crippen molar-refractivity contribution in [1.29, 1.82) is 0 Å². The van der Waals surface area contributed by atoms with E-state index in [1.807, 2.05) is 6.92 Å². The third-order valence-electron chi connectivity index (χ3n) is 9.29. The zero-order chi connectivity index (χ0) is 28.8. The Bertz CT molecular complexity index is 1330. The van der Waals surface area contributed by atoms with Crippen molar-refractivity contribution in [3.63, 3.8) is 0 Å². The molecule has 7 rings (SSSR count). The SMILES string of the molecule is C[C@H]1[C@@H](NC(=O)COc2ccc(C(=O)/C=C/c3ccccc3F)cc2)O[C@@H]2O[C@@]3(C)CC[C@H]4[C@H](C)CC[C@@H]1[C@@]24OO3. The minimum atomic E-state index is -0.878. The highest BCUT2D eigenvalue weighted by Gasteiger charge is 2.69. The van der Waals surface area contributed by atoms with Gasteiger partial charge in [0.1, 0.15) is 17.8 Å². The Morgan fingerprint density at radius 2 is 1.83 bits per heavy atom. The number of benzene rings is 2. The zero-order valence-corrected chi connectivity index (χ0v) is 23.5. The van der Waals surface area contributed by atoms with Crippen LogP contribution in [-0.4, -0.2) is 42.2 Å². The topological polar surface area (TPSA) is 92.3 Å². The van der Waals surface area contributed by atoms with Crippen LogP contribution in [0.15, 0.2) is 54.6 Å². The van der Waals surface area contributed by atoms with Crippen molar-refractivity contribution in [2.75, 3.05) is 6.61 Å². The maximum absolute atomic E-state index is 13.8. The van der Waals surface area contributed by atoms with E-state index in [2.05, 4.69) is 19.2 Å². The van der Waals surface area contributed by atoms with Crippen molar-refractivity contribution in [3.8, 4) is 5.75 Å². The summed E-state index contributed by atoms with van der Waals surface area (Å²) in [5.41, 5.74) is 0.0729. The van der Waals surface area contributed by atoms with Crippen molar-refractivity contribution >= 4 is 17.8 Å². The van der Waals surface area contributed by atoms with Crippen LogP contribution < -0.4 is 10.1 Å².